The summed E-state index contributed by atoms with van der Waals surface area (Å²) in [4.78, 5) is 15.5. The minimum Gasteiger partial charge on any atom is -0.486 e. The maximum absolute atomic E-state index is 14.1. The summed E-state index contributed by atoms with van der Waals surface area (Å²) in [6.45, 7) is 3.59. The minimum atomic E-state index is -0.546. The molecule has 1 N–H and O–H groups in total. The van der Waals surface area contributed by atoms with Crippen LogP contribution in [-0.2, 0) is 4.79 Å². The lowest BCUT2D eigenvalue weighted by Gasteiger charge is -2.13. The van der Waals surface area contributed by atoms with Crippen molar-refractivity contribution in [1.82, 2.24) is 4.98 Å². The Hall–Kier alpha value is -1.18. The lowest BCUT2D eigenvalue weighted by atomic mass is 10.1. The Kier molecular flexibility index (Phi) is 5.77. The van der Waals surface area contributed by atoms with Crippen molar-refractivity contribution in [3.63, 3.8) is 0 Å². The summed E-state index contributed by atoms with van der Waals surface area (Å²) in [6.07, 6.45) is -0.178. The number of hydrogen-bond acceptors (Lipinski definition) is 4. The summed E-state index contributed by atoms with van der Waals surface area (Å²) in [7, 11) is 0. The predicted octanol–water partition coefficient (Wildman–Crippen LogP) is 4.72. The summed E-state index contributed by atoms with van der Waals surface area (Å²) in [5, 5.41) is 5.15. The molecule has 1 aromatic heterocycles. The van der Waals surface area contributed by atoms with Crippen LogP contribution in [0.5, 0.6) is 5.75 Å². The number of benzene rings is 1. The molecule has 0 aliphatic carbocycles. The number of anilines is 1. The molecular formula is C14H13BrClFN2O2S. The molecule has 22 heavy (non-hydrogen) atoms. The van der Waals surface area contributed by atoms with E-state index in [0.29, 0.717) is 16.4 Å². The lowest BCUT2D eigenvalue weighted by molar-refractivity contribution is -0.113. The van der Waals surface area contributed by atoms with Gasteiger partial charge in [0, 0.05) is 10.9 Å². The third-order valence-corrected chi connectivity index (χ3v) is 4.07. The molecule has 0 saturated carbocycles. The molecule has 4 nitrogen and oxygen atoms in total. The average molecular weight is 408 g/mol. The molecular weight excluding hydrogens is 395 g/mol. The number of nitrogens with one attached hydrogen (secondary N) is 1. The molecule has 0 bridgehead atoms. The molecule has 0 aliphatic heterocycles. The maximum Gasteiger partial charge on any atom is 0.236 e. The van der Waals surface area contributed by atoms with Gasteiger partial charge in [0.1, 0.15) is 0 Å². The molecule has 0 spiro atoms. The number of aromatic nitrogens is 1. The molecule has 0 fully saturated rings. The van der Waals surface area contributed by atoms with E-state index in [-0.39, 0.29) is 28.1 Å². The van der Waals surface area contributed by atoms with Crippen molar-refractivity contribution in [3.05, 3.63) is 28.4 Å². The van der Waals surface area contributed by atoms with Crippen LogP contribution in [-0.4, -0.2) is 22.3 Å². The largest absolute Gasteiger partial charge is 0.486 e. The fourth-order valence-corrected chi connectivity index (χ4v) is 2.80. The second kappa shape index (κ2) is 7.39. The fraction of sp³-hybridized carbons (Fsp3) is 0.286. The zero-order valence-electron chi connectivity index (χ0n) is 11.8. The Bertz CT molecular complexity index is 670. The number of halogens is 3. The van der Waals surface area contributed by atoms with E-state index in [2.05, 4.69) is 26.2 Å². The third-order valence-electron chi connectivity index (χ3n) is 2.52. The standard InChI is InChI=1S/C14H13BrClFN2O2S/c1-7(2)21-13-9(16)3-8(4-10(13)17)11-6-22-14(18-11)19-12(20)5-15/h3-4,6-7H,5H2,1-2H3,(H,18,19,20). The van der Waals surface area contributed by atoms with Gasteiger partial charge in [-0.1, -0.05) is 27.5 Å². The molecule has 0 radical (unpaired) electrons. The second-order valence-corrected chi connectivity index (χ2v) is 6.48. The van der Waals surface area contributed by atoms with Crippen LogP contribution in [0.3, 0.4) is 0 Å². The van der Waals surface area contributed by atoms with Gasteiger partial charge >= 0.3 is 0 Å². The summed E-state index contributed by atoms with van der Waals surface area (Å²) in [6, 6.07) is 2.90. The van der Waals surface area contributed by atoms with E-state index < -0.39 is 5.82 Å². The molecule has 1 amide bonds. The van der Waals surface area contributed by atoms with Crippen LogP contribution in [0.1, 0.15) is 13.8 Å². The first-order chi connectivity index (χ1) is 10.4. The van der Waals surface area contributed by atoms with Crippen molar-refractivity contribution >= 4 is 49.9 Å². The Morgan fingerprint density at radius 3 is 2.86 bits per heavy atom. The highest BCUT2D eigenvalue weighted by atomic mass is 79.9. The maximum atomic E-state index is 14.1. The predicted molar refractivity (Wildman–Crippen MR) is 90.7 cm³/mol. The molecule has 0 atom stereocenters. The number of alkyl halides is 1. The molecule has 1 aromatic carbocycles. The van der Waals surface area contributed by atoms with Gasteiger partial charge in [0.25, 0.3) is 0 Å². The van der Waals surface area contributed by atoms with E-state index >= 15 is 0 Å². The summed E-state index contributed by atoms with van der Waals surface area (Å²) in [5.41, 5.74) is 1.06. The molecule has 2 rings (SSSR count). The topological polar surface area (TPSA) is 51.2 Å². The molecule has 8 heteroatoms. The van der Waals surface area contributed by atoms with Crippen molar-refractivity contribution in [2.24, 2.45) is 0 Å². The zero-order chi connectivity index (χ0) is 16.3. The number of rotatable bonds is 5. The monoisotopic (exact) mass is 406 g/mol. The van der Waals surface area contributed by atoms with Crippen molar-refractivity contribution in [2.45, 2.75) is 20.0 Å². The van der Waals surface area contributed by atoms with E-state index in [9.17, 15) is 9.18 Å². The fourth-order valence-electron chi connectivity index (χ4n) is 1.67. The quantitative estimate of drug-likeness (QED) is 0.729. The molecule has 0 saturated heterocycles. The first-order valence-electron chi connectivity index (χ1n) is 6.38. The van der Waals surface area contributed by atoms with E-state index in [1.807, 2.05) is 0 Å². The number of amides is 1. The van der Waals surface area contributed by atoms with Gasteiger partial charge in [-0.3, -0.25) is 4.79 Å². The number of thiazole rings is 1. The van der Waals surface area contributed by atoms with E-state index in [4.69, 9.17) is 16.3 Å². The van der Waals surface area contributed by atoms with Gasteiger partial charge in [-0.25, -0.2) is 9.37 Å². The van der Waals surface area contributed by atoms with E-state index in [0.717, 1.165) is 0 Å². The highest BCUT2D eigenvalue weighted by Crippen LogP contribution is 2.35. The number of nitrogens with zero attached hydrogens (tertiary/aromatic N) is 1. The van der Waals surface area contributed by atoms with Gasteiger partial charge in [0.05, 0.1) is 22.2 Å². The van der Waals surface area contributed by atoms with Crippen LogP contribution in [0.15, 0.2) is 17.5 Å². The van der Waals surface area contributed by atoms with Crippen molar-refractivity contribution in [1.29, 1.82) is 0 Å². The van der Waals surface area contributed by atoms with Gasteiger partial charge in [-0.2, -0.15) is 0 Å². The second-order valence-electron chi connectivity index (χ2n) is 4.66. The van der Waals surface area contributed by atoms with Crippen molar-refractivity contribution < 1.29 is 13.9 Å². The number of carbonyl (C=O) groups is 1. The van der Waals surface area contributed by atoms with E-state index in [1.165, 1.54) is 17.4 Å². The Balaban J connectivity index is 2.28. The lowest BCUT2D eigenvalue weighted by Crippen LogP contribution is -2.11. The first kappa shape index (κ1) is 17.2. The van der Waals surface area contributed by atoms with Crippen LogP contribution in [0.25, 0.3) is 11.3 Å². The smallest absolute Gasteiger partial charge is 0.236 e. The van der Waals surface area contributed by atoms with Crippen molar-refractivity contribution in [3.8, 4) is 17.0 Å². The highest BCUT2D eigenvalue weighted by molar-refractivity contribution is 9.09. The number of ether oxygens (including phenoxy) is 1. The Labute approximate surface area is 144 Å². The molecule has 118 valence electrons. The average Bonchev–Trinajstić information content (AvgIpc) is 2.90. The van der Waals surface area contributed by atoms with Crippen LogP contribution in [0.2, 0.25) is 5.02 Å². The van der Waals surface area contributed by atoms with Gasteiger partial charge in [0.15, 0.2) is 16.7 Å². The minimum absolute atomic E-state index is 0.0310. The van der Waals surface area contributed by atoms with Gasteiger partial charge in [-0.05, 0) is 26.0 Å². The van der Waals surface area contributed by atoms with Crippen LogP contribution in [0.4, 0.5) is 9.52 Å². The summed E-state index contributed by atoms with van der Waals surface area (Å²) < 4.78 is 19.5. The molecule has 1 heterocycles. The van der Waals surface area contributed by atoms with Crippen LogP contribution < -0.4 is 10.1 Å². The van der Waals surface area contributed by atoms with Gasteiger partial charge < -0.3 is 10.1 Å². The first-order valence-corrected chi connectivity index (χ1v) is 8.76. The highest BCUT2D eigenvalue weighted by Gasteiger charge is 2.15. The molecule has 2 aromatic rings. The van der Waals surface area contributed by atoms with Crippen molar-refractivity contribution in [2.75, 3.05) is 10.6 Å². The van der Waals surface area contributed by atoms with E-state index in [1.54, 1.807) is 25.3 Å². The summed E-state index contributed by atoms with van der Waals surface area (Å²) in [5.74, 6) is -0.718. The van der Waals surface area contributed by atoms with Crippen LogP contribution >= 0.6 is 38.9 Å². The SMILES string of the molecule is CC(C)Oc1c(F)cc(-c2csc(NC(=O)CBr)n2)cc1Cl. The summed E-state index contributed by atoms with van der Waals surface area (Å²) >= 11 is 10.4. The number of hydrogen-bond donors (Lipinski definition) is 1. The molecule has 0 aliphatic rings. The van der Waals surface area contributed by atoms with Crippen LogP contribution in [0, 0.1) is 5.82 Å². The zero-order valence-corrected chi connectivity index (χ0v) is 15.0. The normalized spacial score (nSPS) is 10.8. The van der Waals surface area contributed by atoms with Gasteiger partial charge in [-0.15, -0.1) is 11.3 Å². The number of carbonyl (C=O) groups excluding carboxylic acids is 1. The van der Waals surface area contributed by atoms with Gasteiger partial charge in [0.2, 0.25) is 5.91 Å². The third kappa shape index (κ3) is 4.18. The Morgan fingerprint density at radius 2 is 2.27 bits per heavy atom. The molecule has 0 unspecified atom stereocenters. The Morgan fingerprint density at radius 1 is 1.55 bits per heavy atom.